The van der Waals surface area contributed by atoms with Crippen LogP contribution >= 0.6 is 0 Å². The molecule has 180 valence electrons. The minimum atomic E-state index is 0. The van der Waals surface area contributed by atoms with Crippen molar-refractivity contribution in [1.29, 1.82) is 0 Å². The summed E-state index contributed by atoms with van der Waals surface area (Å²) in [5.41, 5.74) is 5.14. The molecule has 0 atom stereocenters. The summed E-state index contributed by atoms with van der Waals surface area (Å²) in [4.78, 5) is 9.07. The van der Waals surface area contributed by atoms with E-state index in [4.69, 9.17) is 0 Å². The Hall–Kier alpha value is -3.00. The fraction of sp³-hybridized carbons (Fsp3) is 0.520. The van der Waals surface area contributed by atoms with Crippen LogP contribution in [0.1, 0.15) is 67.8 Å². The molecule has 4 heterocycles. The average Bonchev–Trinajstić information content (AvgIpc) is 3.19. The van der Waals surface area contributed by atoms with Gasteiger partial charge in [-0.1, -0.05) is 26.7 Å². The summed E-state index contributed by atoms with van der Waals surface area (Å²) in [6, 6.07) is 6.69. The van der Waals surface area contributed by atoms with Gasteiger partial charge in [-0.25, -0.2) is 19.0 Å². The molecule has 8 nitrogen and oxygen atoms in total. The molecule has 0 bridgehead atoms. The highest BCUT2D eigenvalue weighted by Gasteiger charge is 2.38. The second-order valence-electron chi connectivity index (χ2n) is 9.28. The Kier molecular flexibility index (Phi) is 6.65. The third-order valence-electron chi connectivity index (χ3n) is 6.60. The van der Waals surface area contributed by atoms with E-state index in [2.05, 4.69) is 37.7 Å². The number of aromatic nitrogens is 6. The molecule has 0 radical (unpaired) electrons. The number of hydrogen-bond acceptors (Lipinski definition) is 6. The number of nitrogens with one attached hydrogen (secondary N) is 2. The first-order chi connectivity index (χ1) is 15.5. The monoisotopic (exact) mass is 452 g/mol. The zero-order chi connectivity index (χ0) is 22.1. The summed E-state index contributed by atoms with van der Waals surface area (Å²) in [6.07, 6.45) is 15.6. The lowest BCUT2D eigenvalue weighted by molar-refractivity contribution is 0.336. The molecule has 2 fully saturated rings. The summed E-state index contributed by atoms with van der Waals surface area (Å²) in [5.74, 6) is 0.598. The van der Waals surface area contributed by atoms with Gasteiger partial charge in [-0.05, 0) is 51.7 Å². The molecule has 8 heteroatoms. The minimum Gasteiger partial charge on any atom is -0.356 e. The first-order valence-electron chi connectivity index (χ1n) is 11.7. The molecule has 0 unspecified atom stereocenters. The molecule has 0 spiro atoms. The second-order valence-corrected chi connectivity index (χ2v) is 9.28. The van der Waals surface area contributed by atoms with Crippen LogP contribution in [-0.4, -0.2) is 47.8 Å². The Morgan fingerprint density at radius 1 is 1.03 bits per heavy atom. The van der Waals surface area contributed by atoms with Crippen LogP contribution in [0.2, 0.25) is 0 Å². The van der Waals surface area contributed by atoms with Crippen molar-refractivity contribution in [3.8, 4) is 11.3 Å². The number of aryl methyl sites for hydroxylation is 1. The maximum Gasteiger partial charge on any atom is 0.240 e. The molecule has 33 heavy (non-hydrogen) atoms. The number of anilines is 1. The molecule has 0 saturated heterocycles. The van der Waals surface area contributed by atoms with Crippen molar-refractivity contribution in [1.82, 2.24) is 34.5 Å². The minimum absolute atomic E-state index is 0. The van der Waals surface area contributed by atoms with Gasteiger partial charge < -0.3 is 10.6 Å². The molecular weight excluding hydrogens is 412 g/mol. The average molecular weight is 453 g/mol. The van der Waals surface area contributed by atoms with E-state index in [0.717, 1.165) is 34.2 Å². The lowest BCUT2D eigenvalue weighted by Crippen LogP contribution is -2.39. The highest BCUT2D eigenvalue weighted by molar-refractivity contribution is 5.81. The molecule has 6 rings (SSSR count). The van der Waals surface area contributed by atoms with Gasteiger partial charge in [-0.2, -0.15) is 5.10 Å². The topological polar surface area (TPSA) is 84.4 Å². The number of nitrogens with zero attached hydrogens (tertiary/aromatic N) is 6. The third-order valence-corrected chi connectivity index (χ3v) is 6.60. The van der Waals surface area contributed by atoms with Gasteiger partial charge in [0.1, 0.15) is 0 Å². The van der Waals surface area contributed by atoms with Crippen LogP contribution in [0.5, 0.6) is 0 Å². The molecule has 4 aromatic heterocycles. The van der Waals surface area contributed by atoms with E-state index >= 15 is 0 Å². The Morgan fingerprint density at radius 2 is 1.79 bits per heavy atom. The van der Waals surface area contributed by atoms with Crippen molar-refractivity contribution in [2.24, 2.45) is 0 Å². The van der Waals surface area contributed by atoms with Gasteiger partial charge in [0, 0.05) is 45.5 Å². The van der Waals surface area contributed by atoms with E-state index in [1.54, 1.807) is 17.8 Å². The van der Waals surface area contributed by atoms with Gasteiger partial charge in [0.25, 0.3) is 0 Å². The second kappa shape index (κ2) is 9.47. The number of hydrogen-bond donors (Lipinski definition) is 2. The molecule has 0 aliphatic heterocycles. The van der Waals surface area contributed by atoms with Crippen LogP contribution in [-0.2, 0) is 0 Å². The van der Waals surface area contributed by atoms with Crippen molar-refractivity contribution < 1.29 is 2.85 Å². The Balaban J connectivity index is 0.000000266. The summed E-state index contributed by atoms with van der Waals surface area (Å²) >= 11 is 0. The highest BCUT2D eigenvalue weighted by atomic mass is 15.3. The lowest BCUT2D eigenvalue weighted by atomic mass is 9.95. The zero-order valence-corrected chi connectivity index (χ0v) is 19.2. The molecule has 4 aromatic rings. The molecule has 2 aliphatic carbocycles. The van der Waals surface area contributed by atoms with Gasteiger partial charge in [-0.3, -0.25) is 0 Å². The van der Waals surface area contributed by atoms with Crippen molar-refractivity contribution in [3.63, 3.8) is 0 Å². The summed E-state index contributed by atoms with van der Waals surface area (Å²) < 4.78 is 3.57. The molecule has 2 aliphatic rings. The quantitative estimate of drug-likeness (QED) is 0.432. The number of rotatable bonds is 4. The molecule has 2 saturated carbocycles. The largest absolute Gasteiger partial charge is 0.356 e. The third kappa shape index (κ3) is 5.00. The van der Waals surface area contributed by atoms with Crippen LogP contribution in [0.3, 0.4) is 0 Å². The molecule has 0 amide bonds. The van der Waals surface area contributed by atoms with Crippen LogP contribution in [0.4, 0.5) is 5.95 Å². The van der Waals surface area contributed by atoms with E-state index < -0.39 is 0 Å². The van der Waals surface area contributed by atoms with Crippen molar-refractivity contribution >= 4 is 17.1 Å². The smallest absolute Gasteiger partial charge is 0.240 e. The Bertz CT molecular complexity index is 1220. The van der Waals surface area contributed by atoms with Gasteiger partial charge in [0.15, 0.2) is 5.65 Å². The fourth-order valence-corrected chi connectivity index (χ4v) is 4.55. The molecule has 0 aromatic carbocycles. The summed E-state index contributed by atoms with van der Waals surface area (Å²) in [6.45, 7) is 4.33. The SMILES string of the molecule is C.CC1(NC2CCCCC2)CC1.CNc1nc(C)c2c(-c3ccn4nccc4n3)ccn2n1.[HH].[HH]. The van der Waals surface area contributed by atoms with E-state index in [-0.39, 0.29) is 10.3 Å². The van der Waals surface area contributed by atoms with E-state index in [9.17, 15) is 0 Å². The highest BCUT2D eigenvalue weighted by Crippen LogP contribution is 2.36. The van der Waals surface area contributed by atoms with Gasteiger partial charge in [0.2, 0.25) is 5.95 Å². The maximum absolute atomic E-state index is 4.63. The number of fused-ring (bicyclic) bond motifs is 2. The van der Waals surface area contributed by atoms with Crippen LogP contribution in [0, 0.1) is 6.92 Å². The van der Waals surface area contributed by atoms with Crippen molar-refractivity contribution in [2.75, 3.05) is 12.4 Å². The van der Waals surface area contributed by atoms with Gasteiger partial charge in [-0.15, -0.1) is 5.10 Å². The summed E-state index contributed by atoms with van der Waals surface area (Å²) in [5, 5.41) is 15.3. The van der Waals surface area contributed by atoms with Crippen molar-refractivity contribution in [2.45, 2.75) is 77.8 Å². The normalized spacial score (nSPS) is 17.3. The van der Waals surface area contributed by atoms with Crippen molar-refractivity contribution in [3.05, 3.63) is 42.5 Å². The first kappa shape index (κ1) is 23.2. The van der Waals surface area contributed by atoms with E-state index in [1.807, 2.05) is 42.0 Å². The predicted octanol–water partition coefficient (Wildman–Crippen LogP) is 5.38. The van der Waals surface area contributed by atoms with Crippen LogP contribution in [0.15, 0.2) is 36.8 Å². The van der Waals surface area contributed by atoms with E-state index in [0.29, 0.717) is 11.5 Å². The van der Waals surface area contributed by atoms with Crippen LogP contribution in [0.25, 0.3) is 22.4 Å². The van der Waals surface area contributed by atoms with Gasteiger partial charge >= 0.3 is 0 Å². The van der Waals surface area contributed by atoms with E-state index in [1.165, 1.54) is 44.9 Å². The maximum atomic E-state index is 4.63. The first-order valence-corrected chi connectivity index (χ1v) is 11.7. The molecule has 2 N–H and O–H groups in total. The summed E-state index contributed by atoms with van der Waals surface area (Å²) in [7, 11) is 1.81. The molecular formula is C25H40N8. The lowest BCUT2D eigenvalue weighted by Gasteiger charge is -2.26. The standard InChI is InChI=1S/C14H13N7.C10H19N.CH4.2H2/c1-9-13-10(4-7-21(13)19-14(15-2)17-9)11-5-8-20-12(18-11)3-6-16-20;1-10(7-8-10)11-9-5-3-2-4-6-9;;;/h3-8H,1-2H3,(H,15,19);9,11H,2-8H2,1H3;1H4;2*1H. The zero-order valence-electron chi connectivity index (χ0n) is 19.2. The fourth-order valence-electron chi connectivity index (χ4n) is 4.55. The Labute approximate surface area is 198 Å². The Morgan fingerprint density at radius 3 is 2.52 bits per heavy atom. The predicted molar refractivity (Wildman–Crippen MR) is 138 cm³/mol. The van der Waals surface area contributed by atoms with Crippen LogP contribution < -0.4 is 10.6 Å². The van der Waals surface area contributed by atoms with Gasteiger partial charge in [0.05, 0.1) is 23.1 Å².